The number of hydrogen-bond acceptors (Lipinski definition) is 3. The summed E-state index contributed by atoms with van der Waals surface area (Å²) in [4.78, 5) is 13.7. The van der Waals surface area contributed by atoms with Crippen LogP contribution in [0.1, 0.15) is 12.8 Å². The van der Waals surface area contributed by atoms with Crippen LogP contribution >= 0.6 is 0 Å². The zero-order chi connectivity index (χ0) is 10.8. The van der Waals surface area contributed by atoms with Gasteiger partial charge in [-0.1, -0.05) is 12.2 Å². The third kappa shape index (κ3) is 2.06. The zero-order valence-corrected chi connectivity index (χ0v) is 9.02. The molecule has 2 rings (SSSR count). The number of allylic oxidation sites excluding steroid dienone is 2. The Balaban J connectivity index is 1.94. The summed E-state index contributed by atoms with van der Waals surface area (Å²) in [5.74, 6) is 0.260. The third-order valence-electron chi connectivity index (χ3n) is 3.35. The Hall–Kier alpha value is -0.870. The molecule has 4 nitrogen and oxygen atoms in total. The molecular formula is C11H18N2O2. The SMILES string of the molecule is CN(C(=O)C1CC=CC1)[C@@H]1CNC[C@H]1O. The van der Waals surface area contributed by atoms with Gasteiger partial charge in [0.1, 0.15) is 0 Å². The first kappa shape index (κ1) is 10.6. The van der Waals surface area contributed by atoms with E-state index in [1.54, 1.807) is 11.9 Å². The summed E-state index contributed by atoms with van der Waals surface area (Å²) in [6.07, 6.45) is 5.38. The molecule has 0 unspecified atom stereocenters. The number of aliphatic hydroxyl groups excluding tert-OH is 1. The lowest BCUT2D eigenvalue weighted by Gasteiger charge is -2.28. The maximum atomic E-state index is 12.0. The second-order valence-electron chi connectivity index (χ2n) is 4.38. The maximum absolute atomic E-state index is 12.0. The Morgan fingerprint density at radius 1 is 1.40 bits per heavy atom. The predicted molar refractivity (Wildman–Crippen MR) is 57.3 cm³/mol. The molecule has 1 aliphatic carbocycles. The molecule has 0 spiro atoms. The summed E-state index contributed by atoms with van der Waals surface area (Å²) in [7, 11) is 1.79. The van der Waals surface area contributed by atoms with Crippen molar-refractivity contribution in [2.75, 3.05) is 20.1 Å². The van der Waals surface area contributed by atoms with Gasteiger partial charge in [0.2, 0.25) is 5.91 Å². The summed E-state index contributed by atoms with van der Waals surface area (Å²) < 4.78 is 0. The van der Waals surface area contributed by atoms with Crippen LogP contribution < -0.4 is 5.32 Å². The molecule has 0 bridgehead atoms. The van der Waals surface area contributed by atoms with Gasteiger partial charge in [0.25, 0.3) is 0 Å². The molecule has 0 saturated carbocycles. The van der Waals surface area contributed by atoms with Gasteiger partial charge < -0.3 is 15.3 Å². The average Bonchev–Trinajstić information content (AvgIpc) is 2.85. The summed E-state index contributed by atoms with van der Waals surface area (Å²) in [5, 5.41) is 12.8. The van der Waals surface area contributed by atoms with Crippen LogP contribution in [0.3, 0.4) is 0 Å². The molecule has 2 aliphatic rings. The molecule has 0 radical (unpaired) electrons. The van der Waals surface area contributed by atoms with Crippen molar-refractivity contribution < 1.29 is 9.90 Å². The molecule has 2 atom stereocenters. The van der Waals surface area contributed by atoms with Crippen LogP contribution in [-0.2, 0) is 4.79 Å². The molecule has 0 aromatic heterocycles. The van der Waals surface area contributed by atoms with Gasteiger partial charge in [-0.3, -0.25) is 4.79 Å². The summed E-state index contributed by atoms with van der Waals surface area (Å²) >= 11 is 0. The number of hydrogen-bond donors (Lipinski definition) is 2. The lowest BCUT2D eigenvalue weighted by molar-refractivity contribution is -0.137. The van der Waals surface area contributed by atoms with Crippen molar-refractivity contribution in [2.24, 2.45) is 5.92 Å². The molecule has 1 aliphatic heterocycles. The van der Waals surface area contributed by atoms with Crippen LogP contribution in [0.5, 0.6) is 0 Å². The van der Waals surface area contributed by atoms with Crippen molar-refractivity contribution in [1.29, 1.82) is 0 Å². The Labute approximate surface area is 90.0 Å². The Bertz CT molecular complexity index is 270. The van der Waals surface area contributed by atoms with Gasteiger partial charge in [-0.2, -0.15) is 0 Å². The van der Waals surface area contributed by atoms with Crippen LogP contribution in [0, 0.1) is 5.92 Å². The zero-order valence-electron chi connectivity index (χ0n) is 9.02. The maximum Gasteiger partial charge on any atom is 0.226 e. The lowest BCUT2D eigenvalue weighted by Crippen LogP contribution is -2.46. The minimum atomic E-state index is -0.423. The van der Waals surface area contributed by atoms with Crippen molar-refractivity contribution in [2.45, 2.75) is 25.0 Å². The number of aliphatic hydroxyl groups is 1. The van der Waals surface area contributed by atoms with E-state index in [1.807, 2.05) is 0 Å². The number of likely N-dealkylation sites (N-methyl/N-ethyl adjacent to an activating group) is 1. The van der Waals surface area contributed by atoms with Gasteiger partial charge in [-0.05, 0) is 12.8 Å². The van der Waals surface area contributed by atoms with Crippen molar-refractivity contribution in [3.05, 3.63) is 12.2 Å². The fourth-order valence-electron chi connectivity index (χ4n) is 2.32. The topological polar surface area (TPSA) is 52.6 Å². The van der Waals surface area contributed by atoms with Crippen molar-refractivity contribution in [1.82, 2.24) is 10.2 Å². The molecule has 15 heavy (non-hydrogen) atoms. The van der Waals surface area contributed by atoms with E-state index in [-0.39, 0.29) is 17.9 Å². The highest BCUT2D eigenvalue weighted by atomic mass is 16.3. The first-order valence-corrected chi connectivity index (χ1v) is 5.50. The van der Waals surface area contributed by atoms with Crippen LogP contribution in [-0.4, -0.2) is 48.2 Å². The van der Waals surface area contributed by atoms with E-state index in [2.05, 4.69) is 17.5 Å². The molecular weight excluding hydrogens is 192 g/mol. The number of nitrogens with zero attached hydrogens (tertiary/aromatic N) is 1. The van der Waals surface area contributed by atoms with E-state index < -0.39 is 6.10 Å². The van der Waals surface area contributed by atoms with Gasteiger partial charge in [0.05, 0.1) is 12.1 Å². The van der Waals surface area contributed by atoms with Crippen molar-refractivity contribution >= 4 is 5.91 Å². The molecule has 1 amide bonds. The minimum Gasteiger partial charge on any atom is -0.390 e. The molecule has 84 valence electrons. The Morgan fingerprint density at radius 2 is 2.07 bits per heavy atom. The highest BCUT2D eigenvalue weighted by molar-refractivity contribution is 5.79. The fraction of sp³-hybridized carbons (Fsp3) is 0.727. The normalized spacial score (nSPS) is 31.1. The third-order valence-corrected chi connectivity index (χ3v) is 3.35. The second-order valence-corrected chi connectivity index (χ2v) is 4.38. The highest BCUT2D eigenvalue weighted by Crippen LogP contribution is 2.21. The van der Waals surface area contributed by atoms with Gasteiger partial charge >= 0.3 is 0 Å². The van der Waals surface area contributed by atoms with E-state index in [1.165, 1.54) is 0 Å². The van der Waals surface area contributed by atoms with E-state index >= 15 is 0 Å². The summed E-state index contributed by atoms with van der Waals surface area (Å²) in [6, 6.07) is -0.0573. The molecule has 4 heteroatoms. The monoisotopic (exact) mass is 210 g/mol. The van der Waals surface area contributed by atoms with Gasteiger partial charge in [0, 0.05) is 26.1 Å². The predicted octanol–water partition coefficient (Wildman–Crippen LogP) is -0.256. The number of rotatable bonds is 2. The van der Waals surface area contributed by atoms with Gasteiger partial charge in [-0.15, -0.1) is 0 Å². The van der Waals surface area contributed by atoms with Crippen molar-refractivity contribution in [3.63, 3.8) is 0 Å². The van der Waals surface area contributed by atoms with E-state index in [0.717, 1.165) is 12.8 Å². The summed E-state index contributed by atoms with van der Waals surface area (Å²) in [6.45, 7) is 1.29. The summed E-state index contributed by atoms with van der Waals surface area (Å²) in [5.41, 5.74) is 0. The largest absolute Gasteiger partial charge is 0.390 e. The minimum absolute atomic E-state index is 0.0573. The van der Waals surface area contributed by atoms with Crippen LogP contribution in [0.15, 0.2) is 12.2 Å². The van der Waals surface area contributed by atoms with Crippen LogP contribution in [0.25, 0.3) is 0 Å². The number of carbonyl (C=O) groups is 1. The van der Waals surface area contributed by atoms with Crippen LogP contribution in [0.2, 0.25) is 0 Å². The standard InChI is InChI=1S/C11H18N2O2/c1-13(9-6-12-7-10(9)14)11(15)8-4-2-3-5-8/h2-3,8-10,12,14H,4-7H2,1H3/t9-,10-/m1/s1. The van der Waals surface area contributed by atoms with Crippen molar-refractivity contribution in [3.8, 4) is 0 Å². The van der Waals surface area contributed by atoms with Gasteiger partial charge in [0.15, 0.2) is 0 Å². The number of nitrogens with one attached hydrogen (secondary N) is 1. The molecule has 1 fully saturated rings. The first-order chi connectivity index (χ1) is 7.20. The molecule has 1 saturated heterocycles. The average molecular weight is 210 g/mol. The van der Waals surface area contributed by atoms with Crippen LogP contribution in [0.4, 0.5) is 0 Å². The molecule has 1 heterocycles. The Kier molecular flexibility index (Phi) is 3.07. The van der Waals surface area contributed by atoms with Gasteiger partial charge in [-0.25, -0.2) is 0 Å². The second kappa shape index (κ2) is 4.33. The molecule has 2 N–H and O–H groups in total. The lowest BCUT2D eigenvalue weighted by atomic mass is 10.0. The quantitative estimate of drug-likeness (QED) is 0.618. The van der Waals surface area contributed by atoms with E-state index in [0.29, 0.717) is 13.1 Å². The molecule has 0 aromatic carbocycles. The smallest absolute Gasteiger partial charge is 0.226 e. The van der Waals surface area contributed by atoms with E-state index in [4.69, 9.17) is 0 Å². The number of β-amino-alcohol motifs (C(OH)–C–C–N with tert-alkyl or cyclic N) is 1. The molecule has 0 aromatic rings. The number of amides is 1. The first-order valence-electron chi connectivity index (χ1n) is 5.50. The fourth-order valence-corrected chi connectivity index (χ4v) is 2.32. The highest BCUT2D eigenvalue weighted by Gasteiger charge is 2.33. The van der Waals surface area contributed by atoms with E-state index in [9.17, 15) is 9.90 Å². The number of carbonyl (C=O) groups excluding carboxylic acids is 1. The Morgan fingerprint density at radius 3 is 2.60 bits per heavy atom.